The van der Waals surface area contributed by atoms with E-state index in [2.05, 4.69) is 38.2 Å². The van der Waals surface area contributed by atoms with Crippen molar-refractivity contribution in [3.05, 3.63) is 221 Å². The molecule has 30 nitrogen and oxygen atoms in total. The number of hydrogen-bond donors (Lipinski definition) is 9. The number of ketones is 4. The second-order valence-electron chi connectivity index (χ2n) is 28.9. The van der Waals surface area contributed by atoms with Crippen LogP contribution in [0.3, 0.4) is 0 Å². The van der Waals surface area contributed by atoms with E-state index in [9.17, 15) is 43.2 Å². The van der Waals surface area contributed by atoms with E-state index in [0.29, 0.717) is 152 Å². The van der Waals surface area contributed by atoms with E-state index in [1.54, 1.807) is 36.4 Å². The van der Waals surface area contributed by atoms with Crippen molar-refractivity contribution in [1.29, 1.82) is 0 Å². The lowest BCUT2D eigenvalue weighted by atomic mass is 10.0. The van der Waals surface area contributed by atoms with Crippen molar-refractivity contribution in [1.82, 2.24) is 39.2 Å². The fraction of sp³-hybridized carbons (Fsp3) is 0.489. The van der Waals surface area contributed by atoms with Gasteiger partial charge in [-0.2, -0.15) is 0 Å². The summed E-state index contributed by atoms with van der Waals surface area (Å²) in [7, 11) is 0. The van der Waals surface area contributed by atoms with Gasteiger partial charge in [-0.3, -0.25) is 69.6 Å². The number of aromatic carboxylic acids is 1. The highest BCUT2D eigenvalue weighted by molar-refractivity contribution is 14.1. The fourth-order valence-electron chi connectivity index (χ4n) is 13.2. The molecule has 11 rings (SSSR count). The number of carbonyl (C=O) groups is 9. The van der Waals surface area contributed by atoms with Gasteiger partial charge in [0.2, 0.25) is 0 Å². The van der Waals surface area contributed by atoms with Crippen LogP contribution in [0.2, 0.25) is 0 Å². The van der Waals surface area contributed by atoms with E-state index >= 15 is 0 Å². The lowest BCUT2D eigenvalue weighted by molar-refractivity contribution is 0.0483. The maximum Gasteiger partial charge on any atom is 0.335 e. The van der Waals surface area contributed by atoms with Crippen LogP contribution in [-0.2, 0) is 51.2 Å². The first-order valence-corrected chi connectivity index (χ1v) is 45.2. The first-order valence-electron chi connectivity index (χ1n) is 42.7. The van der Waals surface area contributed by atoms with Crippen molar-refractivity contribution in [3.63, 3.8) is 0 Å². The third-order valence-corrected chi connectivity index (χ3v) is 23.1. The number of nitrogens with zero attached hydrogens (tertiary/aromatic N) is 8. The number of thiophene rings is 2. The number of carbonyl (C=O) groups excluding carboxylic acids is 8. The van der Waals surface area contributed by atoms with Crippen molar-refractivity contribution in [3.8, 4) is 0 Å². The zero-order valence-electron chi connectivity index (χ0n) is 73.4. The standard InChI is InChI=1S/C24H31N3O5S.C24H30N2O5S.C17H26N2O3.C16H25N3O3.C9H10O2.CH3I.CH4.ClH.H4N2/c25-17-21(30)23-8-7-22(33-23)20(29)6-3-18-1-4-19(5-2-18)24(31)27-11-9-26(10-12-27)13-15-32-16-14-28;1-18(28)22-8-9-23(32-22)21(29)7-4-19-2-5-20(6-3-19)24(30)26-12-10-25(11-13-26)14-16-31-17-15-27;1-2-15-3-5-16(6-4-15)17(21)19-9-7-18(8-10-19)11-13-22-14-12-20;17-13-14-1-3-15(4-2-14)16(21)19-7-5-18(6-8-19)9-11-22-12-10-20;1-2-7-3-5-8(6-4-7)9(10)11;1-2;;;1-2/h1-2,4-5,7-8,28H,3,6,9-17,25H2;2-3,5-6,8-9,27H,4,7,10-17H2,1H3;3-6,20H,2,7-14H2,1H3;1-4,20H,5-13,17H2;3-6H,2H2,1H3,(H,10,11);1H3;1H4;1H;1-2H2/i;;;;;1D;;;. The van der Waals surface area contributed by atoms with E-state index < -0.39 is 5.97 Å². The number of halogens is 2. The minimum Gasteiger partial charge on any atom is -0.478 e. The molecule has 0 saturated carbocycles. The number of carboxylic acid groups (broad SMARTS) is 1. The molecule has 0 atom stereocenters. The van der Waals surface area contributed by atoms with Crippen LogP contribution in [-0.4, -0.2) is 339 Å². The Bertz CT molecular complexity index is 4180. The van der Waals surface area contributed by atoms with Crippen LogP contribution in [0.15, 0.2) is 146 Å². The molecule has 13 N–H and O–H groups in total. The first kappa shape index (κ1) is 110. The van der Waals surface area contributed by atoms with Gasteiger partial charge in [0.05, 0.1) is 111 Å². The van der Waals surface area contributed by atoms with Crippen molar-refractivity contribution in [2.45, 2.75) is 73.3 Å². The predicted molar refractivity (Wildman–Crippen MR) is 506 cm³/mol. The van der Waals surface area contributed by atoms with Gasteiger partial charge in [0, 0.05) is 174 Å². The van der Waals surface area contributed by atoms with E-state index in [4.69, 9.17) is 57.3 Å². The van der Waals surface area contributed by atoms with Gasteiger partial charge in [0.1, 0.15) is 0 Å². The predicted octanol–water partition coefficient (Wildman–Crippen LogP) is 7.81. The molecular formula is C92H134ClIN12O18S2. The summed E-state index contributed by atoms with van der Waals surface area (Å²) in [4.78, 5) is 128. The highest BCUT2D eigenvalue weighted by Crippen LogP contribution is 2.23. The Balaban J connectivity index is 0.000000415. The SMILES string of the molecule is C.CC(=O)c1ccc(C(=O)CCc2ccc(C(=O)N3CCN(CCOCCO)CC3)cc2)s1.CCc1ccc(C(=O)N2CCN(CCOCCO)CC2)cc1.CCc1ccc(C(=O)O)cc1.Cl.NCC(=O)c1ccc(C(=O)CCc2ccc(C(=O)N3CCN(CCOCCO)CC3)cc2)s1.NCc1ccc(C(=O)N2CCN(CCOCCO)CC2)cc1.NN.[2H]CI. The number of amides is 4. The molecule has 0 aliphatic carbocycles. The summed E-state index contributed by atoms with van der Waals surface area (Å²) in [6.45, 7) is 25.9. The number of hydrogen-bond acceptors (Lipinski definition) is 27. The smallest absolute Gasteiger partial charge is 0.335 e. The summed E-state index contributed by atoms with van der Waals surface area (Å²) in [5, 5.41) is 43.3. The van der Waals surface area contributed by atoms with Crippen molar-refractivity contribution in [2.24, 2.45) is 23.2 Å². The molecule has 0 spiro atoms. The number of rotatable bonds is 39. The third-order valence-electron chi connectivity index (χ3n) is 20.7. The van der Waals surface area contributed by atoms with E-state index in [1.165, 1.54) is 35.2 Å². The lowest BCUT2D eigenvalue weighted by Crippen LogP contribution is -2.49. The number of alkyl halides is 1. The quantitative estimate of drug-likeness (QED) is 0.00443. The van der Waals surface area contributed by atoms with Gasteiger partial charge in [-0.15, -0.1) is 35.1 Å². The van der Waals surface area contributed by atoms with Gasteiger partial charge in [-0.25, -0.2) is 4.79 Å². The topological polar surface area (TPSA) is 422 Å². The highest BCUT2D eigenvalue weighted by Gasteiger charge is 2.27. The van der Waals surface area contributed by atoms with Crippen LogP contribution in [0.5, 0.6) is 0 Å². The molecule has 696 valence electrons. The number of piperazine rings is 4. The number of aliphatic hydroxyl groups excluding tert-OH is 4. The van der Waals surface area contributed by atoms with E-state index in [0.717, 1.165) is 151 Å². The van der Waals surface area contributed by atoms with Gasteiger partial charge in [-0.1, -0.05) is 105 Å². The summed E-state index contributed by atoms with van der Waals surface area (Å²) in [5.41, 5.74) is 19.5. The molecule has 4 amide bonds. The van der Waals surface area contributed by atoms with Crippen LogP contribution < -0.4 is 23.2 Å². The molecule has 34 heteroatoms. The molecule has 6 heterocycles. The molecule has 4 fully saturated rings. The summed E-state index contributed by atoms with van der Waals surface area (Å²) in [6, 6.07) is 44.0. The number of nitrogens with two attached hydrogens (primary N) is 4. The van der Waals surface area contributed by atoms with Crippen LogP contribution in [0.25, 0.3) is 0 Å². The van der Waals surface area contributed by atoms with Crippen molar-refractivity contribution < 1.29 is 89.0 Å². The summed E-state index contributed by atoms with van der Waals surface area (Å²) >= 11 is 4.39. The third kappa shape index (κ3) is 40.7. The first-order chi connectivity index (χ1) is 60.6. The molecule has 4 aliphatic heterocycles. The molecule has 7 aromatic rings. The van der Waals surface area contributed by atoms with Crippen LogP contribution in [0.1, 0.15) is 161 Å². The minimum atomic E-state index is -0.868. The molecule has 4 aliphatic rings. The van der Waals surface area contributed by atoms with Crippen LogP contribution in [0.4, 0.5) is 0 Å². The average molecular weight is 1920 g/mol. The van der Waals surface area contributed by atoms with Crippen molar-refractivity contribution in [2.75, 3.05) is 222 Å². The van der Waals surface area contributed by atoms with Crippen molar-refractivity contribution >= 4 is 110 Å². The largest absolute Gasteiger partial charge is 0.478 e. The van der Waals surface area contributed by atoms with Gasteiger partial charge in [-0.05, 0) is 150 Å². The molecular weight excluding hydrogens is 1790 g/mol. The second kappa shape index (κ2) is 65.5. The summed E-state index contributed by atoms with van der Waals surface area (Å²) in [6.07, 6.45) is 3.81. The normalized spacial score (nSPS) is 14.1. The summed E-state index contributed by atoms with van der Waals surface area (Å²) in [5.74, 6) is 7.23. The number of benzene rings is 5. The number of aryl methyl sites for hydroxylation is 4. The molecule has 0 unspecified atom stereocenters. The molecule has 5 aromatic carbocycles. The molecule has 0 bridgehead atoms. The monoisotopic (exact) mass is 1920 g/mol. The van der Waals surface area contributed by atoms with E-state index in [-0.39, 0.29) is 99.6 Å². The zero-order chi connectivity index (χ0) is 91.1. The molecule has 4 saturated heterocycles. The van der Waals surface area contributed by atoms with Gasteiger partial charge >= 0.3 is 5.97 Å². The van der Waals surface area contributed by atoms with E-state index in [1.807, 2.05) is 158 Å². The Kier molecular flexibility index (Phi) is 57.3. The van der Waals surface area contributed by atoms with Crippen LogP contribution in [0, 0.1) is 0 Å². The maximum absolute atomic E-state index is 12.8. The average Bonchev–Trinajstić information content (AvgIpc) is 1.82. The Labute approximate surface area is 772 Å². The minimum absolute atomic E-state index is 0. The zero-order valence-corrected chi connectivity index (χ0v) is 77.0. The number of aliphatic hydroxyl groups is 4. The molecule has 126 heavy (non-hydrogen) atoms. The Morgan fingerprint density at radius 2 is 0.611 bits per heavy atom. The number of carboxylic acids is 1. The molecule has 0 radical (unpaired) electrons. The Hall–Kier alpha value is -8.09. The van der Waals surface area contributed by atoms with Gasteiger partial charge in [0.15, 0.2) is 23.1 Å². The number of hydrazine groups is 1. The molecule has 2 aromatic heterocycles. The Morgan fingerprint density at radius 1 is 0.373 bits per heavy atom. The number of Topliss-reactive ketones (excluding diaryl/α,β-unsaturated/α-hetero) is 4. The lowest BCUT2D eigenvalue weighted by Gasteiger charge is -2.34. The van der Waals surface area contributed by atoms with Crippen LogP contribution >= 0.6 is 57.7 Å². The summed E-state index contributed by atoms with van der Waals surface area (Å²) < 4.78 is 27.4. The number of ether oxygens (including phenoxy) is 4. The Morgan fingerprint density at radius 3 is 0.841 bits per heavy atom. The van der Waals surface area contributed by atoms with Gasteiger partial charge in [0.25, 0.3) is 23.6 Å². The highest BCUT2D eigenvalue weighted by atomic mass is 127. The second-order valence-corrected chi connectivity index (χ2v) is 31.1. The van der Waals surface area contributed by atoms with Gasteiger partial charge < -0.3 is 75.5 Å². The maximum atomic E-state index is 12.8. The fourth-order valence-corrected chi connectivity index (χ4v) is 15.0.